The number of hydrogen-bond acceptors (Lipinski definition) is 3. The lowest BCUT2D eigenvalue weighted by Gasteiger charge is -2.20. The second kappa shape index (κ2) is 3.56. The van der Waals surface area contributed by atoms with Gasteiger partial charge in [-0.15, -0.1) is 10.2 Å². The fraction of sp³-hybridized carbons (Fsp3) is 0.625. The van der Waals surface area contributed by atoms with Crippen LogP contribution < -0.4 is 0 Å². The van der Waals surface area contributed by atoms with E-state index in [2.05, 4.69) is 10.2 Å². The lowest BCUT2D eigenvalue weighted by atomic mass is 10.00. The van der Waals surface area contributed by atoms with Crippen molar-refractivity contribution >= 4 is 5.97 Å². The summed E-state index contributed by atoms with van der Waals surface area (Å²) in [4.78, 5) is 10.7. The molecule has 1 unspecified atom stereocenters. The summed E-state index contributed by atoms with van der Waals surface area (Å²) >= 11 is 0. The first-order chi connectivity index (χ1) is 7.09. The molecule has 0 aliphatic carbocycles. The van der Waals surface area contributed by atoms with E-state index in [1.54, 1.807) is 0 Å². The second-order valence-electron chi connectivity index (χ2n) is 3.46. The minimum Gasteiger partial charge on any atom is -0.481 e. The second-order valence-corrected chi connectivity index (χ2v) is 3.46. The van der Waals surface area contributed by atoms with Crippen molar-refractivity contribution in [3.05, 3.63) is 11.6 Å². The van der Waals surface area contributed by atoms with Gasteiger partial charge in [0.1, 0.15) is 5.82 Å². The maximum atomic E-state index is 12.4. The molecule has 1 aliphatic rings. The molecular weight excluding hydrogens is 208 g/mol. The Kier molecular flexibility index (Phi) is 2.37. The molecule has 0 fully saturated rings. The normalized spacial score (nSPS) is 20.3. The van der Waals surface area contributed by atoms with Crippen LogP contribution in [0.3, 0.4) is 0 Å². The lowest BCUT2D eigenvalue weighted by Crippen LogP contribution is -2.27. The van der Waals surface area contributed by atoms with Crippen LogP contribution in [0.25, 0.3) is 0 Å². The van der Waals surface area contributed by atoms with E-state index in [-0.39, 0.29) is 6.54 Å². The van der Waals surface area contributed by atoms with Gasteiger partial charge in [0.2, 0.25) is 0 Å². The number of carboxylic acid groups (broad SMARTS) is 1. The number of hydrogen-bond donors (Lipinski definition) is 1. The van der Waals surface area contributed by atoms with E-state index in [4.69, 9.17) is 5.11 Å². The van der Waals surface area contributed by atoms with E-state index >= 15 is 0 Å². The quantitative estimate of drug-likeness (QED) is 0.797. The highest BCUT2D eigenvalue weighted by Gasteiger charge is 2.29. The van der Waals surface area contributed by atoms with E-state index in [0.717, 1.165) is 0 Å². The van der Waals surface area contributed by atoms with E-state index in [1.165, 1.54) is 4.57 Å². The number of nitrogens with zero attached hydrogens (tertiary/aromatic N) is 3. The minimum atomic E-state index is -2.71. The Morgan fingerprint density at radius 2 is 2.27 bits per heavy atom. The topological polar surface area (TPSA) is 68.0 Å². The fourth-order valence-electron chi connectivity index (χ4n) is 1.71. The molecule has 1 aromatic rings. The Balaban J connectivity index is 2.30. The molecule has 2 rings (SSSR count). The molecule has 0 saturated heterocycles. The van der Waals surface area contributed by atoms with Gasteiger partial charge in [0, 0.05) is 13.0 Å². The van der Waals surface area contributed by atoms with Crippen molar-refractivity contribution in [2.75, 3.05) is 0 Å². The largest absolute Gasteiger partial charge is 0.481 e. The van der Waals surface area contributed by atoms with Gasteiger partial charge in [0.05, 0.1) is 5.92 Å². The van der Waals surface area contributed by atoms with E-state index in [9.17, 15) is 13.6 Å². The van der Waals surface area contributed by atoms with Gasteiger partial charge < -0.3 is 9.67 Å². The number of alkyl halides is 2. The third-order valence-electron chi connectivity index (χ3n) is 2.52. The molecule has 0 spiro atoms. The molecule has 15 heavy (non-hydrogen) atoms. The standard InChI is InChI=1S/C8H9F2N3O2/c9-6(10)7-12-11-5-2-1-4(8(14)15)3-13(5)7/h4,6H,1-3H2,(H,14,15). The molecule has 1 atom stereocenters. The summed E-state index contributed by atoms with van der Waals surface area (Å²) in [6.07, 6.45) is -1.90. The van der Waals surface area contributed by atoms with E-state index in [0.29, 0.717) is 18.7 Å². The maximum absolute atomic E-state index is 12.4. The van der Waals surface area contributed by atoms with Gasteiger partial charge in [0.25, 0.3) is 6.43 Å². The van der Waals surface area contributed by atoms with Crippen LogP contribution in [0.4, 0.5) is 8.78 Å². The number of rotatable bonds is 2. The number of aliphatic carboxylic acids is 1. The number of carboxylic acids is 1. The van der Waals surface area contributed by atoms with Gasteiger partial charge in [-0.05, 0) is 6.42 Å². The van der Waals surface area contributed by atoms with E-state index < -0.39 is 24.1 Å². The van der Waals surface area contributed by atoms with Crippen LogP contribution in [-0.2, 0) is 17.8 Å². The summed E-state index contributed by atoms with van der Waals surface area (Å²) in [7, 11) is 0. The summed E-state index contributed by atoms with van der Waals surface area (Å²) in [5.41, 5.74) is 0. The maximum Gasteiger partial charge on any atom is 0.308 e. The Morgan fingerprint density at radius 1 is 1.53 bits per heavy atom. The van der Waals surface area contributed by atoms with Gasteiger partial charge in [-0.3, -0.25) is 4.79 Å². The van der Waals surface area contributed by atoms with Crippen molar-refractivity contribution in [2.24, 2.45) is 5.92 Å². The lowest BCUT2D eigenvalue weighted by molar-refractivity contribution is -0.142. The Bertz CT molecular complexity index is 391. The molecule has 1 aliphatic heterocycles. The third-order valence-corrected chi connectivity index (χ3v) is 2.52. The van der Waals surface area contributed by atoms with Gasteiger partial charge in [-0.25, -0.2) is 8.78 Å². The predicted octanol–water partition coefficient (Wildman–Crippen LogP) is 0.863. The van der Waals surface area contributed by atoms with Crippen LogP contribution in [0.15, 0.2) is 0 Å². The first-order valence-corrected chi connectivity index (χ1v) is 4.52. The molecule has 0 amide bonds. The van der Waals surface area contributed by atoms with Crippen LogP contribution in [0.2, 0.25) is 0 Å². The van der Waals surface area contributed by atoms with Gasteiger partial charge in [-0.1, -0.05) is 0 Å². The zero-order valence-electron chi connectivity index (χ0n) is 7.73. The zero-order chi connectivity index (χ0) is 11.0. The minimum absolute atomic E-state index is 0.0390. The smallest absolute Gasteiger partial charge is 0.308 e. The highest BCUT2D eigenvalue weighted by molar-refractivity contribution is 5.70. The number of aryl methyl sites for hydroxylation is 1. The van der Waals surface area contributed by atoms with Gasteiger partial charge in [-0.2, -0.15) is 0 Å². The molecule has 7 heteroatoms. The molecule has 82 valence electrons. The molecule has 0 radical (unpaired) electrons. The summed E-state index contributed by atoms with van der Waals surface area (Å²) in [6, 6.07) is 0. The SMILES string of the molecule is O=C(O)C1CCc2nnc(C(F)F)n2C1. The first-order valence-electron chi connectivity index (χ1n) is 4.52. The van der Waals surface area contributed by atoms with Crippen molar-refractivity contribution in [1.82, 2.24) is 14.8 Å². The summed E-state index contributed by atoms with van der Waals surface area (Å²) < 4.78 is 26.1. The molecule has 1 aromatic heterocycles. The van der Waals surface area contributed by atoms with E-state index in [1.807, 2.05) is 0 Å². The molecule has 0 bridgehead atoms. The molecule has 2 heterocycles. The Labute approximate surface area is 83.7 Å². The number of fused-ring (bicyclic) bond motifs is 1. The number of aromatic nitrogens is 3. The van der Waals surface area contributed by atoms with Crippen molar-refractivity contribution < 1.29 is 18.7 Å². The van der Waals surface area contributed by atoms with Crippen LogP contribution in [0.5, 0.6) is 0 Å². The highest BCUT2D eigenvalue weighted by atomic mass is 19.3. The molecular formula is C8H9F2N3O2. The number of halogens is 2. The molecule has 1 N–H and O–H groups in total. The predicted molar refractivity (Wildman–Crippen MR) is 44.4 cm³/mol. The third kappa shape index (κ3) is 1.69. The fourth-order valence-corrected chi connectivity index (χ4v) is 1.71. The monoisotopic (exact) mass is 217 g/mol. The average molecular weight is 217 g/mol. The van der Waals surface area contributed by atoms with Crippen molar-refractivity contribution in [2.45, 2.75) is 25.8 Å². The highest BCUT2D eigenvalue weighted by Crippen LogP contribution is 2.24. The summed E-state index contributed by atoms with van der Waals surface area (Å²) in [5.74, 6) is -1.57. The Hall–Kier alpha value is -1.53. The molecule has 0 saturated carbocycles. The zero-order valence-corrected chi connectivity index (χ0v) is 7.73. The summed E-state index contributed by atoms with van der Waals surface area (Å²) in [5, 5.41) is 15.8. The van der Waals surface area contributed by atoms with Crippen LogP contribution in [0.1, 0.15) is 24.5 Å². The van der Waals surface area contributed by atoms with Gasteiger partial charge >= 0.3 is 5.97 Å². The first kappa shape index (κ1) is 10.0. The van der Waals surface area contributed by atoms with Crippen molar-refractivity contribution in [3.8, 4) is 0 Å². The summed E-state index contributed by atoms with van der Waals surface area (Å²) in [6.45, 7) is 0.0390. The van der Waals surface area contributed by atoms with Gasteiger partial charge in [0.15, 0.2) is 5.82 Å². The molecule has 5 nitrogen and oxygen atoms in total. The van der Waals surface area contributed by atoms with Crippen molar-refractivity contribution in [3.63, 3.8) is 0 Å². The van der Waals surface area contributed by atoms with Crippen LogP contribution in [-0.4, -0.2) is 25.8 Å². The van der Waals surface area contributed by atoms with Crippen LogP contribution in [0, 0.1) is 5.92 Å². The average Bonchev–Trinajstić information content (AvgIpc) is 2.59. The number of carbonyl (C=O) groups is 1. The Morgan fingerprint density at radius 3 is 2.87 bits per heavy atom. The van der Waals surface area contributed by atoms with Crippen LogP contribution >= 0.6 is 0 Å². The van der Waals surface area contributed by atoms with Crippen molar-refractivity contribution in [1.29, 1.82) is 0 Å². The molecule has 0 aromatic carbocycles.